The van der Waals surface area contributed by atoms with E-state index in [9.17, 15) is 4.79 Å². The molecule has 0 aliphatic carbocycles. The molecule has 104 valence electrons. The lowest BCUT2D eigenvalue weighted by molar-refractivity contribution is 0.0952. The average molecular weight is 270 g/mol. The maximum Gasteiger partial charge on any atom is 0.253 e. The quantitative estimate of drug-likeness (QED) is 0.839. The first-order chi connectivity index (χ1) is 9.60. The SMILES string of the molecule is COc1ccc(C(=O)NCc2ccc(C)cc2)c(N)c1. The fraction of sp³-hybridized carbons (Fsp3) is 0.188. The Balaban J connectivity index is 2.03. The van der Waals surface area contributed by atoms with Crippen molar-refractivity contribution < 1.29 is 9.53 Å². The van der Waals surface area contributed by atoms with Crippen molar-refractivity contribution in [1.82, 2.24) is 5.32 Å². The number of nitrogen functional groups attached to an aromatic ring is 1. The van der Waals surface area contributed by atoms with Gasteiger partial charge in [0.15, 0.2) is 0 Å². The Morgan fingerprint density at radius 1 is 1.20 bits per heavy atom. The molecular formula is C16H18N2O2. The molecule has 0 unspecified atom stereocenters. The van der Waals surface area contributed by atoms with Crippen LogP contribution >= 0.6 is 0 Å². The molecule has 0 spiro atoms. The number of nitrogens with one attached hydrogen (secondary N) is 1. The molecule has 2 aromatic carbocycles. The summed E-state index contributed by atoms with van der Waals surface area (Å²) in [5.41, 5.74) is 8.96. The Labute approximate surface area is 118 Å². The van der Waals surface area contributed by atoms with E-state index in [4.69, 9.17) is 10.5 Å². The number of ether oxygens (including phenoxy) is 1. The van der Waals surface area contributed by atoms with Crippen LogP contribution < -0.4 is 15.8 Å². The molecule has 0 aliphatic rings. The average Bonchev–Trinajstić information content (AvgIpc) is 2.46. The number of aryl methyl sites for hydroxylation is 1. The lowest BCUT2D eigenvalue weighted by Gasteiger charge is -2.09. The molecule has 0 aromatic heterocycles. The van der Waals surface area contributed by atoms with Crippen molar-refractivity contribution in [3.8, 4) is 5.75 Å². The number of amides is 1. The van der Waals surface area contributed by atoms with Gasteiger partial charge in [0, 0.05) is 18.3 Å². The van der Waals surface area contributed by atoms with Crippen molar-refractivity contribution in [3.63, 3.8) is 0 Å². The summed E-state index contributed by atoms with van der Waals surface area (Å²) >= 11 is 0. The summed E-state index contributed by atoms with van der Waals surface area (Å²) in [4.78, 5) is 12.1. The highest BCUT2D eigenvalue weighted by Crippen LogP contribution is 2.19. The van der Waals surface area contributed by atoms with Crippen LogP contribution in [0.3, 0.4) is 0 Å². The largest absolute Gasteiger partial charge is 0.497 e. The Kier molecular flexibility index (Phi) is 4.25. The van der Waals surface area contributed by atoms with Crippen molar-refractivity contribution in [2.24, 2.45) is 0 Å². The Morgan fingerprint density at radius 3 is 2.50 bits per heavy atom. The van der Waals surface area contributed by atoms with Crippen LogP contribution in [0.4, 0.5) is 5.69 Å². The fourth-order valence-corrected chi connectivity index (χ4v) is 1.86. The maximum atomic E-state index is 12.1. The number of benzene rings is 2. The molecule has 1 amide bonds. The molecule has 0 saturated carbocycles. The molecule has 2 rings (SSSR count). The second kappa shape index (κ2) is 6.10. The maximum absolute atomic E-state index is 12.1. The van der Waals surface area contributed by atoms with Gasteiger partial charge in [-0.15, -0.1) is 0 Å². The number of nitrogens with two attached hydrogens (primary N) is 1. The predicted octanol–water partition coefficient (Wildman–Crippen LogP) is 2.52. The van der Waals surface area contributed by atoms with Crippen molar-refractivity contribution in [3.05, 3.63) is 59.2 Å². The van der Waals surface area contributed by atoms with Crippen molar-refractivity contribution in [2.75, 3.05) is 12.8 Å². The van der Waals surface area contributed by atoms with Gasteiger partial charge in [-0.05, 0) is 24.6 Å². The molecule has 0 fully saturated rings. The second-order valence-electron chi connectivity index (χ2n) is 4.62. The summed E-state index contributed by atoms with van der Waals surface area (Å²) in [6, 6.07) is 13.0. The number of hydrogen-bond acceptors (Lipinski definition) is 3. The number of carbonyl (C=O) groups is 1. The van der Waals surface area contributed by atoms with Crippen LogP contribution in [0.15, 0.2) is 42.5 Å². The second-order valence-corrected chi connectivity index (χ2v) is 4.62. The van der Waals surface area contributed by atoms with E-state index in [1.807, 2.05) is 31.2 Å². The molecule has 4 heteroatoms. The van der Waals surface area contributed by atoms with E-state index >= 15 is 0 Å². The fourth-order valence-electron chi connectivity index (χ4n) is 1.86. The van der Waals surface area contributed by atoms with E-state index in [1.54, 1.807) is 25.3 Å². The first-order valence-electron chi connectivity index (χ1n) is 6.37. The molecule has 0 atom stereocenters. The Morgan fingerprint density at radius 2 is 1.90 bits per heavy atom. The van der Waals surface area contributed by atoms with Gasteiger partial charge in [0.25, 0.3) is 5.91 Å². The third kappa shape index (κ3) is 3.29. The summed E-state index contributed by atoms with van der Waals surface area (Å²) in [5.74, 6) is 0.448. The van der Waals surface area contributed by atoms with Gasteiger partial charge in [0.05, 0.1) is 12.7 Å². The van der Waals surface area contributed by atoms with Gasteiger partial charge in [-0.25, -0.2) is 0 Å². The standard InChI is InChI=1S/C16H18N2O2/c1-11-3-5-12(6-4-11)10-18-16(19)14-8-7-13(20-2)9-15(14)17/h3-9H,10,17H2,1-2H3,(H,18,19). The summed E-state index contributed by atoms with van der Waals surface area (Å²) in [6.07, 6.45) is 0. The van der Waals surface area contributed by atoms with Crippen molar-refractivity contribution in [2.45, 2.75) is 13.5 Å². The zero-order valence-electron chi connectivity index (χ0n) is 11.6. The third-order valence-corrected chi connectivity index (χ3v) is 3.08. The smallest absolute Gasteiger partial charge is 0.253 e. The number of rotatable bonds is 4. The Bertz CT molecular complexity index is 606. The van der Waals surface area contributed by atoms with Gasteiger partial charge in [-0.2, -0.15) is 0 Å². The molecule has 0 aliphatic heterocycles. The number of anilines is 1. The van der Waals surface area contributed by atoms with Gasteiger partial charge in [0.1, 0.15) is 5.75 Å². The van der Waals surface area contributed by atoms with E-state index in [0.29, 0.717) is 23.5 Å². The molecule has 0 radical (unpaired) electrons. The first kappa shape index (κ1) is 13.9. The monoisotopic (exact) mass is 270 g/mol. The zero-order valence-corrected chi connectivity index (χ0v) is 11.6. The van der Waals surface area contributed by atoms with Crippen molar-refractivity contribution >= 4 is 11.6 Å². The zero-order chi connectivity index (χ0) is 14.5. The molecular weight excluding hydrogens is 252 g/mol. The molecule has 0 heterocycles. The highest BCUT2D eigenvalue weighted by Gasteiger charge is 2.10. The van der Waals surface area contributed by atoms with E-state index in [-0.39, 0.29) is 5.91 Å². The first-order valence-corrected chi connectivity index (χ1v) is 6.37. The molecule has 3 N–H and O–H groups in total. The summed E-state index contributed by atoms with van der Waals surface area (Å²) in [5, 5.41) is 2.85. The van der Waals surface area contributed by atoms with Crippen LogP contribution in [0, 0.1) is 6.92 Å². The minimum atomic E-state index is -0.189. The minimum absolute atomic E-state index is 0.189. The van der Waals surface area contributed by atoms with Gasteiger partial charge in [0.2, 0.25) is 0 Å². The molecule has 2 aromatic rings. The molecule has 4 nitrogen and oxygen atoms in total. The van der Waals surface area contributed by atoms with Crippen molar-refractivity contribution in [1.29, 1.82) is 0 Å². The Hall–Kier alpha value is -2.49. The third-order valence-electron chi connectivity index (χ3n) is 3.08. The summed E-state index contributed by atoms with van der Waals surface area (Å²) in [6.45, 7) is 2.50. The van der Waals surface area contributed by atoms with Gasteiger partial charge in [-0.3, -0.25) is 4.79 Å². The summed E-state index contributed by atoms with van der Waals surface area (Å²) in [7, 11) is 1.56. The van der Waals surface area contributed by atoms with Crippen LogP contribution in [0.2, 0.25) is 0 Å². The predicted molar refractivity (Wildman–Crippen MR) is 79.8 cm³/mol. The number of hydrogen-bond donors (Lipinski definition) is 2. The van der Waals surface area contributed by atoms with E-state index in [0.717, 1.165) is 5.56 Å². The highest BCUT2D eigenvalue weighted by molar-refractivity contribution is 5.99. The normalized spacial score (nSPS) is 10.1. The van der Waals surface area contributed by atoms with Gasteiger partial charge >= 0.3 is 0 Å². The summed E-state index contributed by atoms with van der Waals surface area (Å²) < 4.78 is 5.06. The van der Waals surface area contributed by atoms with Crippen LogP contribution in [0.5, 0.6) is 5.75 Å². The number of methoxy groups -OCH3 is 1. The topological polar surface area (TPSA) is 64.3 Å². The van der Waals surface area contributed by atoms with E-state index in [2.05, 4.69) is 5.32 Å². The van der Waals surface area contributed by atoms with Crippen LogP contribution in [-0.2, 0) is 6.54 Å². The van der Waals surface area contributed by atoms with Gasteiger partial charge in [-0.1, -0.05) is 29.8 Å². The lowest BCUT2D eigenvalue weighted by atomic mass is 10.1. The van der Waals surface area contributed by atoms with E-state index in [1.165, 1.54) is 5.56 Å². The van der Waals surface area contributed by atoms with Crippen LogP contribution in [0.25, 0.3) is 0 Å². The molecule has 0 saturated heterocycles. The van der Waals surface area contributed by atoms with Crippen LogP contribution in [0.1, 0.15) is 21.5 Å². The number of carbonyl (C=O) groups excluding carboxylic acids is 1. The molecule has 20 heavy (non-hydrogen) atoms. The van der Waals surface area contributed by atoms with Crippen LogP contribution in [-0.4, -0.2) is 13.0 Å². The minimum Gasteiger partial charge on any atom is -0.497 e. The highest BCUT2D eigenvalue weighted by atomic mass is 16.5. The lowest BCUT2D eigenvalue weighted by Crippen LogP contribution is -2.23. The van der Waals surface area contributed by atoms with Gasteiger partial charge < -0.3 is 15.8 Å². The van der Waals surface area contributed by atoms with E-state index < -0.39 is 0 Å². The molecule has 0 bridgehead atoms.